The Balaban J connectivity index is 1.80. The number of aryl methyl sites for hydroxylation is 1. The number of hydrogen-bond acceptors (Lipinski definition) is 6. The van der Waals surface area contributed by atoms with Crippen LogP contribution in [0.25, 0.3) is 27.8 Å². The Bertz CT molecular complexity index is 1330. The number of carboxylic acid groups (broad SMARTS) is 1. The van der Waals surface area contributed by atoms with Gasteiger partial charge >= 0.3 is 5.97 Å². The van der Waals surface area contributed by atoms with E-state index >= 15 is 0 Å². The van der Waals surface area contributed by atoms with Gasteiger partial charge in [-0.1, -0.05) is 11.2 Å². The van der Waals surface area contributed by atoms with Gasteiger partial charge in [-0.2, -0.15) is 0 Å². The molecule has 0 aliphatic carbocycles. The van der Waals surface area contributed by atoms with Gasteiger partial charge in [0.1, 0.15) is 17.3 Å². The van der Waals surface area contributed by atoms with Gasteiger partial charge in [0.2, 0.25) is 0 Å². The molecule has 0 saturated heterocycles. The third-order valence-electron chi connectivity index (χ3n) is 5.12. The van der Waals surface area contributed by atoms with Crippen LogP contribution in [0.15, 0.2) is 57.8 Å². The highest BCUT2D eigenvalue weighted by Crippen LogP contribution is 2.23. The largest absolute Gasteiger partial charge is 0.481 e. The van der Waals surface area contributed by atoms with Gasteiger partial charge in [0.25, 0.3) is 5.56 Å². The summed E-state index contributed by atoms with van der Waals surface area (Å²) < 4.78 is 20.0. The summed E-state index contributed by atoms with van der Waals surface area (Å²) in [6, 6.07) is 12.5. The van der Waals surface area contributed by atoms with Crippen molar-refractivity contribution in [2.24, 2.45) is 5.73 Å². The van der Waals surface area contributed by atoms with Gasteiger partial charge in [-0.25, -0.2) is 9.37 Å². The molecule has 0 unspecified atom stereocenters. The van der Waals surface area contributed by atoms with Crippen LogP contribution in [0.5, 0.6) is 0 Å². The normalized spacial score (nSPS) is 11.2. The number of nitrogens with two attached hydrogens (primary N) is 1. The number of benzene rings is 2. The molecule has 2 aromatic heterocycles. The van der Waals surface area contributed by atoms with E-state index < -0.39 is 11.8 Å². The van der Waals surface area contributed by atoms with Crippen molar-refractivity contribution in [2.45, 2.75) is 32.2 Å². The second-order valence-corrected chi connectivity index (χ2v) is 7.36. The van der Waals surface area contributed by atoms with E-state index in [2.05, 4.69) is 5.16 Å². The van der Waals surface area contributed by atoms with E-state index in [-0.39, 0.29) is 18.5 Å². The first-order valence-corrected chi connectivity index (χ1v) is 10.2. The highest BCUT2D eigenvalue weighted by atomic mass is 19.1. The topological polar surface area (TPSA) is 124 Å². The maximum Gasteiger partial charge on any atom is 0.303 e. The molecule has 0 atom stereocenters. The molecule has 0 saturated carbocycles. The van der Waals surface area contributed by atoms with E-state index in [1.807, 2.05) is 0 Å². The number of aliphatic carboxylic acids is 1. The minimum atomic E-state index is -0.874. The Morgan fingerprint density at radius 2 is 1.91 bits per heavy atom. The Hall–Kier alpha value is -3.85. The Morgan fingerprint density at radius 3 is 2.59 bits per heavy atom. The summed E-state index contributed by atoms with van der Waals surface area (Å²) in [7, 11) is 0. The van der Waals surface area contributed by atoms with E-state index in [4.69, 9.17) is 20.3 Å². The number of carboxylic acids is 1. The summed E-state index contributed by atoms with van der Waals surface area (Å²) in [6.07, 6.45) is 1.41. The fourth-order valence-corrected chi connectivity index (χ4v) is 3.52. The number of aromatic nitrogens is 3. The van der Waals surface area contributed by atoms with Crippen molar-refractivity contribution in [3.05, 3.63) is 76.3 Å². The van der Waals surface area contributed by atoms with E-state index in [0.29, 0.717) is 53.1 Å². The van der Waals surface area contributed by atoms with Gasteiger partial charge in [-0.3, -0.25) is 14.2 Å². The Labute approximate surface area is 182 Å². The lowest BCUT2D eigenvalue weighted by Gasteiger charge is -2.14. The molecule has 8 nitrogen and oxygen atoms in total. The van der Waals surface area contributed by atoms with Crippen molar-refractivity contribution in [1.82, 2.24) is 14.7 Å². The maximum absolute atomic E-state index is 13.4. The maximum atomic E-state index is 13.4. The lowest BCUT2D eigenvalue weighted by atomic mass is 10.1. The van der Waals surface area contributed by atoms with E-state index in [1.54, 1.807) is 24.3 Å². The van der Waals surface area contributed by atoms with Crippen molar-refractivity contribution in [3.8, 4) is 16.9 Å². The average molecular weight is 436 g/mol. The molecule has 164 valence electrons. The summed E-state index contributed by atoms with van der Waals surface area (Å²) in [6.45, 7) is 0.224. The van der Waals surface area contributed by atoms with Gasteiger partial charge < -0.3 is 15.4 Å². The third kappa shape index (κ3) is 4.42. The van der Waals surface area contributed by atoms with E-state index in [9.17, 15) is 14.0 Å². The second kappa shape index (κ2) is 9.11. The number of halogens is 1. The van der Waals surface area contributed by atoms with Crippen LogP contribution in [0.4, 0.5) is 4.39 Å². The van der Waals surface area contributed by atoms with Crippen molar-refractivity contribution in [1.29, 1.82) is 0 Å². The van der Waals surface area contributed by atoms with Crippen molar-refractivity contribution in [2.75, 3.05) is 0 Å². The number of fused-ring (bicyclic) bond motifs is 1. The van der Waals surface area contributed by atoms with Gasteiger partial charge in [0.15, 0.2) is 5.76 Å². The van der Waals surface area contributed by atoms with Gasteiger partial charge in [-0.15, -0.1) is 0 Å². The Kier molecular flexibility index (Phi) is 6.09. The molecule has 0 spiro atoms. The number of carbonyl (C=O) groups is 1. The number of nitrogens with zero attached hydrogens (tertiary/aromatic N) is 3. The summed E-state index contributed by atoms with van der Waals surface area (Å²) in [4.78, 5) is 28.9. The van der Waals surface area contributed by atoms with Crippen LogP contribution in [-0.2, 0) is 17.8 Å². The fourth-order valence-electron chi connectivity index (χ4n) is 3.52. The van der Waals surface area contributed by atoms with Crippen LogP contribution in [-0.4, -0.2) is 25.8 Å². The molecule has 0 radical (unpaired) electrons. The quantitative estimate of drug-likeness (QED) is 0.406. The molecule has 4 aromatic rings. The van der Waals surface area contributed by atoms with Gasteiger partial charge in [-0.05, 0) is 49.2 Å². The molecule has 0 aliphatic rings. The minimum absolute atomic E-state index is 0.0359. The molecule has 2 aromatic carbocycles. The van der Waals surface area contributed by atoms with Crippen LogP contribution >= 0.6 is 0 Å². The molecule has 0 bridgehead atoms. The predicted octanol–water partition coefficient (Wildman–Crippen LogP) is 3.44. The second-order valence-electron chi connectivity index (χ2n) is 7.36. The molecule has 2 heterocycles. The molecule has 0 amide bonds. The first kappa shape index (κ1) is 21.4. The van der Waals surface area contributed by atoms with Gasteiger partial charge in [0, 0.05) is 24.5 Å². The summed E-state index contributed by atoms with van der Waals surface area (Å²) in [5, 5.41) is 13.3. The van der Waals surface area contributed by atoms with Crippen LogP contribution in [0.2, 0.25) is 0 Å². The summed E-state index contributed by atoms with van der Waals surface area (Å²) in [5.74, 6) is -0.271. The van der Waals surface area contributed by atoms with Gasteiger partial charge in [0.05, 0.1) is 23.1 Å². The van der Waals surface area contributed by atoms with Crippen LogP contribution < -0.4 is 11.3 Å². The fraction of sp³-hybridized carbons (Fsp3) is 0.217. The standard InChI is InChI=1S/C23H21FN4O4/c24-15-6-8-16(9-7-15)28-21(3-1-2-4-22(29)30)26-20-11-14(5-10-18(20)23(28)31)19-12-17(13-25)32-27-19/h5-12H,1-4,13,25H2,(H,29,30). The van der Waals surface area contributed by atoms with E-state index in [0.717, 1.165) is 5.56 Å². The SMILES string of the molecule is NCc1cc(-c2ccc3c(=O)n(-c4ccc(F)cc4)c(CCCCC(=O)O)nc3c2)no1. The zero-order valence-electron chi connectivity index (χ0n) is 17.1. The van der Waals surface area contributed by atoms with Crippen LogP contribution in [0.3, 0.4) is 0 Å². The molecule has 0 fully saturated rings. The highest BCUT2D eigenvalue weighted by molar-refractivity contribution is 5.83. The molecule has 3 N–H and O–H groups in total. The predicted molar refractivity (Wildman–Crippen MR) is 116 cm³/mol. The first-order valence-electron chi connectivity index (χ1n) is 10.2. The number of rotatable bonds is 8. The molecule has 9 heteroatoms. The van der Waals surface area contributed by atoms with Crippen LogP contribution in [0.1, 0.15) is 30.8 Å². The summed E-state index contributed by atoms with van der Waals surface area (Å²) >= 11 is 0. The Morgan fingerprint density at radius 1 is 1.12 bits per heavy atom. The average Bonchev–Trinajstić information content (AvgIpc) is 3.27. The molecule has 4 rings (SSSR count). The van der Waals surface area contributed by atoms with Crippen molar-refractivity contribution >= 4 is 16.9 Å². The highest BCUT2D eigenvalue weighted by Gasteiger charge is 2.15. The summed E-state index contributed by atoms with van der Waals surface area (Å²) in [5.41, 5.74) is 7.58. The molecule has 0 aliphatic heterocycles. The van der Waals surface area contributed by atoms with Crippen molar-refractivity contribution in [3.63, 3.8) is 0 Å². The zero-order valence-corrected chi connectivity index (χ0v) is 17.1. The zero-order chi connectivity index (χ0) is 22.7. The monoisotopic (exact) mass is 436 g/mol. The third-order valence-corrected chi connectivity index (χ3v) is 5.12. The molecular weight excluding hydrogens is 415 g/mol. The lowest BCUT2D eigenvalue weighted by molar-refractivity contribution is -0.137. The minimum Gasteiger partial charge on any atom is -0.481 e. The molecule has 32 heavy (non-hydrogen) atoms. The van der Waals surface area contributed by atoms with E-state index in [1.165, 1.54) is 28.8 Å². The lowest BCUT2D eigenvalue weighted by Crippen LogP contribution is -2.24. The number of unbranched alkanes of at least 4 members (excludes halogenated alkanes) is 1. The first-order chi connectivity index (χ1) is 15.5. The molecular formula is C23H21FN4O4. The van der Waals surface area contributed by atoms with Crippen molar-refractivity contribution < 1.29 is 18.8 Å². The van der Waals surface area contributed by atoms with Crippen LogP contribution in [0, 0.1) is 5.82 Å². The smallest absolute Gasteiger partial charge is 0.303 e. The number of hydrogen-bond donors (Lipinski definition) is 2.